The molecular formula is C15H16Cl2F3N3O2S. The number of hydrogen-bond donors (Lipinski definition) is 1. The molecule has 0 radical (unpaired) electrons. The van der Waals surface area contributed by atoms with E-state index in [4.69, 9.17) is 28.9 Å². The number of rotatable bonds is 3. The molecule has 1 aromatic heterocycles. The molecule has 2 rings (SSSR count). The minimum Gasteiger partial charge on any atom is -0.383 e. The van der Waals surface area contributed by atoms with Crippen LogP contribution in [0, 0.1) is 0 Å². The first-order valence-corrected chi connectivity index (χ1v) is 9.56. The first-order valence-electron chi connectivity index (χ1n) is 7.24. The van der Waals surface area contributed by atoms with Crippen molar-refractivity contribution in [1.82, 2.24) is 9.78 Å². The Morgan fingerprint density at radius 2 is 1.69 bits per heavy atom. The van der Waals surface area contributed by atoms with Crippen LogP contribution in [0.1, 0.15) is 36.8 Å². The Morgan fingerprint density at radius 3 is 2.00 bits per heavy atom. The molecular weight excluding hydrogens is 414 g/mol. The van der Waals surface area contributed by atoms with Crippen molar-refractivity contribution < 1.29 is 22.2 Å². The van der Waals surface area contributed by atoms with E-state index in [1.54, 1.807) is 0 Å². The fourth-order valence-electron chi connectivity index (χ4n) is 2.03. The number of nitrogens with two attached hydrogens (primary N) is 1. The number of alkyl halides is 3. The highest BCUT2D eigenvalue weighted by Crippen LogP contribution is 2.39. The van der Waals surface area contributed by atoms with Crippen molar-refractivity contribution in [2.75, 3.05) is 12.0 Å². The maximum atomic E-state index is 12.8. The van der Waals surface area contributed by atoms with Crippen LogP contribution in [0.5, 0.6) is 0 Å². The smallest absolute Gasteiger partial charge is 0.383 e. The highest BCUT2D eigenvalue weighted by molar-refractivity contribution is 7.84. The average molecular weight is 430 g/mol. The maximum Gasteiger partial charge on any atom is 0.416 e. The van der Waals surface area contributed by atoms with Crippen LogP contribution in [-0.4, -0.2) is 26.0 Å². The number of aromatic nitrogens is 2. The van der Waals surface area contributed by atoms with Gasteiger partial charge in [-0.1, -0.05) is 37.0 Å². The number of Topliss-reactive ketones (excluding diaryl/α,β-unsaturated/α-hetero) is 1. The number of benzene rings is 1. The summed E-state index contributed by atoms with van der Waals surface area (Å²) in [7, 11) is -1.65. The molecule has 11 heteroatoms. The number of halogens is 5. The van der Waals surface area contributed by atoms with Gasteiger partial charge in [-0.15, -0.1) is 0 Å². The van der Waals surface area contributed by atoms with E-state index in [1.165, 1.54) is 13.2 Å². The van der Waals surface area contributed by atoms with E-state index in [9.17, 15) is 22.2 Å². The zero-order valence-electron chi connectivity index (χ0n) is 14.2. The predicted molar refractivity (Wildman–Crippen MR) is 96.7 cm³/mol. The van der Waals surface area contributed by atoms with Crippen molar-refractivity contribution in [3.63, 3.8) is 0 Å². The number of carbonyl (C=O) groups is 1. The number of nitrogens with zero attached hydrogens (tertiary/aromatic N) is 2. The van der Waals surface area contributed by atoms with Crippen LogP contribution in [0.3, 0.4) is 0 Å². The predicted octanol–water partition coefficient (Wildman–Crippen LogP) is 4.75. The van der Waals surface area contributed by atoms with Crippen LogP contribution >= 0.6 is 23.2 Å². The number of hydrogen-bond acceptors (Lipinski definition) is 4. The third-order valence-electron chi connectivity index (χ3n) is 3.05. The number of anilines is 1. The molecule has 0 saturated carbocycles. The fourth-order valence-corrected chi connectivity index (χ4v) is 3.52. The zero-order valence-corrected chi connectivity index (χ0v) is 16.6. The monoisotopic (exact) mass is 429 g/mol. The molecule has 0 aliphatic rings. The van der Waals surface area contributed by atoms with E-state index >= 15 is 0 Å². The average Bonchev–Trinajstić information content (AvgIpc) is 2.85. The molecule has 2 aromatic rings. The van der Waals surface area contributed by atoms with Crippen LogP contribution in [0.2, 0.25) is 10.0 Å². The highest BCUT2D eigenvalue weighted by Gasteiger charge is 2.33. The fraction of sp³-hybridized carbons (Fsp3) is 0.333. The Kier molecular flexibility index (Phi) is 7.26. The van der Waals surface area contributed by atoms with E-state index < -0.39 is 28.3 Å². The summed E-state index contributed by atoms with van der Waals surface area (Å²) in [5, 5.41) is 3.18. The van der Waals surface area contributed by atoms with Gasteiger partial charge in [0.15, 0.2) is 5.78 Å². The first kappa shape index (κ1) is 22.5. The molecule has 1 atom stereocenters. The second kappa shape index (κ2) is 8.41. The highest BCUT2D eigenvalue weighted by atomic mass is 35.5. The number of nitrogen functional groups attached to an aromatic ring is 1. The van der Waals surface area contributed by atoms with Crippen LogP contribution < -0.4 is 5.73 Å². The Balaban J connectivity index is 0.00000163. The van der Waals surface area contributed by atoms with Crippen molar-refractivity contribution in [1.29, 1.82) is 0 Å². The minimum absolute atomic E-state index is 0.0328. The SMILES string of the molecule is CC.CC(=O)c1nn(-c2c(Cl)cc(C(F)(F)F)cc2Cl)c(N)c1S(C)=O. The summed E-state index contributed by atoms with van der Waals surface area (Å²) in [6, 6.07) is 1.33. The molecule has 1 aromatic carbocycles. The number of ketones is 1. The van der Waals surface area contributed by atoms with Gasteiger partial charge in [0.25, 0.3) is 0 Å². The van der Waals surface area contributed by atoms with Gasteiger partial charge in [0.1, 0.15) is 22.1 Å². The number of carbonyl (C=O) groups excluding carboxylic acids is 1. The molecule has 144 valence electrons. The molecule has 0 saturated heterocycles. The minimum atomic E-state index is -4.64. The molecule has 0 spiro atoms. The Hall–Kier alpha value is -1.58. The van der Waals surface area contributed by atoms with E-state index in [2.05, 4.69) is 5.10 Å². The molecule has 1 unspecified atom stereocenters. The molecule has 0 amide bonds. The molecule has 0 aliphatic heterocycles. The van der Waals surface area contributed by atoms with E-state index in [0.717, 1.165) is 4.68 Å². The second-order valence-corrected chi connectivity index (χ2v) is 6.90. The molecule has 2 N–H and O–H groups in total. The third kappa shape index (κ3) is 4.39. The summed E-state index contributed by atoms with van der Waals surface area (Å²) in [6.45, 7) is 5.19. The van der Waals surface area contributed by atoms with Crippen molar-refractivity contribution in [3.8, 4) is 5.69 Å². The van der Waals surface area contributed by atoms with E-state index in [1.807, 2.05) is 13.8 Å². The quantitative estimate of drug-likeness (QED) is 0.714. The lowest BCUT2D eigenvalue weighted by Crippen LogP contribution is -2.09. The summed E-state index contributed by atoms with van der Waals surface area (Å²) in [6.07, 6.45) is -3.35. The van der Waals surface area contributed by atoms with Crippen molar-refractivity contribution in [2.24, 2.45) is 0 Å². The second-order valence-electron chi connectivity index (χ2n) is 4.77. The van der Waals surface area contributed by atoms with Crippen LogP contribution in [0.15, 0.2) is 17.0 Å². The molecule has 5 nitrogen and oxygen atoms in total. The van der Waals surface area contributed by atoms with Gasteiger partial charge in [-0.3, -0.25) is 9.00 Å². The summed E-state index contributed by atoms with van der Waals surface area (Å²) in [5.74, 6) is -0.700. The van der Waals surface area contributed by atoms with Crippen molar-refractivity contribution >= 4 is 45.6 Å². The normalized spacial score (nSPS) is 12.3. The Bertz CT molecular complexity index is 844. The molecule has 26 heavy (non-hydrogen) atoms. The largest absolute Gasteiger partial charge is 0.416 e. The molecule has 0 bridgehead atoms. The van der Waals surface area contributed by atoms with Gasteiger partial charge in [0.2, 0.25) is 0 Å². The maximum absolute atomic E-state index is 12.8. The van der Waals surface area contributed by atoms with E-state index in [0.29, 0.717) is 12.1 Å². The standard InChI is InChI=1S/C13H10Cl2F3N3O2S.C2H6/c1-5(22)9-11(24(2)23)12(19)21(20-9)10-7(14)3-6(4-8(10)15)13(16,17)18;1-2/h3-4H,19H2,1-2H3;1-2H3. The van der Waals surface area contributed by atoms with Crippen LogP contribution in [-0.2, 0) is 17.0 Å². The van der Waals surface area contributed by atoms with Gasteiger partial charge >= 0.3 is 6.18 Å². The summed E-state index contributed by atoms with van der Waals surface area (Å²) in [5.41, 5.74) is 4.51. The van der Waals surface area contributed by atoms with Gasteiger partial charge in [-0.25, -0.2) is 4.68 Å². The first-order chi connectivity index (χ1) is 11.9. The van der Waals surface area contributed by atoms with Gasteiger partial charge in [-0.2, -0.15) is 18.3 Å². The summed E-state index contributed by atoms with van der Waals surface area (Å²) in [4.78, 5) is 11.6. The Labute approximate surface area is 160 Å². The van der Waals surface area contributed by atoms with Crippen molar-refractivity contribution in [2.45, 2.75) is 31.8 Å². The lowest BCUT2D eigenvalue weighted by Gasteiger charge is -2.13. The van der Waals surface area contributed by atoms with Crippen LogP contribution in [0.25, 0.3) is 5.69 Å². The van der Waals surface area contributed by atoms with Gasteiger partial charge in [0, 0.05) is 13.2 Å². The topological polar surface area (TPSA) is 78.0 Å². The van der Waals surface area contributed by atoms with Crippen molar-refractivity contribution in [3.05, 3.63) is 33.4 Å². The van der Waals surface area contributed by atoms with E-state index in [-0.39, 0.29) is 32.1 Å². The zero-order chi connectivity index (χ0) is 20.4. The molecule has 0 aliphatic carbocycles. The summed E-state index contributed by atoms with van der Waals surface area (Å²) >= 11 is 11.8. The third-order valence-corrected chi connectivity index (χ3v) is 4.61. The van der Waals surface area contributed by atoms with Gasteiger partial charge in [0.05, 0.1) is 26.4 Å². The van der Waals surface area contributed by atoms with Gasteiger partial charge < -0.3 is 5.73 Å². The lowest BCUT2D eigenvalue weighted by atomic mass is 10.2. The molecule has 0 fully saturated rings. The molecule has 1 heterocycles. The Morgan fingerprint density at radius 1 is 1.23 bits per heavy atom. The summed E-state index contributed by atoms with van der Waals surface area (Å²) < 4.78 is 51.1. The lowest BCUT2D eigenvalue weighted by molar-refractivity contribution is -0.137. The van der Waals surface area contributed by atoms with Crippen LogP contribution in [0.4, 0.5) is 19.0 Å². The van der Waals surface area contributed by atoms with Gasteiger partial charge in [-0.05, 0) is 12.1 Å².